The smallest absolute Gasteiger partial charge is 0.0147 e. The molecular weight excluding hydrogens is 190 g/mol. The molecule has 0 bridgehead atoms. The molecule has 14 heavy (non-hydrogen) atoms. The summed E-state index contributed by atoms with van der Waals surface area (Å²) in [6.07, 6.45) is 9.17. The molecule has 1 rings (SSSR count). The minimum absolute atomic E-state index is 0.748. The van der Waals surface area contributed by atoms with E-state index in [1.807, 2.05) is 6.08 Å². The van der Waals surface area contributed by atoms with Crippen LogP contribution >= 0.6 is 11.8 Å². The third kappa shape index (κ3) is 5.06. The standard InChI is InChI=1S/C12H23NS/c1-3-9-13-10-11(2)14-12-7-5-4-6-8-12/h3,11-13H,1,4-10H2,2H3. The molecule has 1 aliphatic rings. The van der Waals surface area contributed by atoms with Crippen LogP contribution in [0, 0.1) is 0 Å². The number of hydrogen-bond acceptors (Lipinski definition) is 2. The number of hydrogen-bond donors (Lipinski definition) is 1. The highest BCUT2D eigenvalue weighted by Crippen LogP contribution is 2.30. The quantitative estimate of drug-likeness (QED) is 0.537. The van der Waals surface area contributed by atoms with Crippen LogP contribution in [-0.2, 0) is 0 Å². The predicted molar refractivity (Wildman–Crippen MR) is 67.0 cm³/mol. The van der Waals surface area contributed by atoms with Gasteiger partial charge in [0.15, 0.2) is 0 Å². The lowest BCUT2D eigenvalue weighted by molar-refractivity contribution is 0.514. The topological polar surface area (TPSA) is 12.0 Å². The van der Waals surface area contributed by atoms with Crippen LogP contribution in [0.2, 0.25) is 0 Å². The van der Waals surface area contributed by atoms with Crippen molar-refractivity contribution in [2.24, 2.45) is 0 Å². The molecule has 0 aromatic carbocycles. The minimum Gasteiger partial charge on any atom is -0.312 e. The Morgan fingerprint density at radius 2 is 2.14 bits per heavy atom. The summed E-state index contributed by atoms with van der Waals surface area (Å²) in [5.41, 5.74) is 0. The van der Waals surface area contributed by atoms with Crippen LogP contribution in [0.25, 0.3) is 0 Å². The molecule has 1 N–H and O–H groups in total. The van der Waals surface area contributed by atoms with Crippen molar-refractivity contribution in [2.45, 2.75) is 49.5 Å². The Labute approximate surface area is 92.7 Å². The van der Waals surface area contributed by atoms with Crippen LogP contribution in [0.5, 0.6) is 0 Å². The molecule has 2 heteroatoms. The number of rotatable bonds is 6. The summed E-state index contributed by atoms with van der Waals surface area (Å²) in [6.45, 7) is 8.09. The Balaban J connectivity index is 2.05. The van der Waals surface area contributed by atoms with E-state index in [9.17, 15) is 0 Å². The molecule has 82 valence electrons. The molecule has 0 aliphatic heterocycles. The van der Waals surface area contributed by atoms with E-state index >= 15 is 0 Å². The molecule has 0 aromatic rings. The molecular formula is C12H23NS. The Morgan fingerprint density at radius 3 is 2.79 bits per heavy atom. The molecule has 0 amide bonds. The van der Waals surface area contributed by atoms with E-state index in [4.69, 9.17) is 0 Å². The molecule has 0 heterocycles. The fraction of sp³-hybridized carbons (Fsp3) is 0.833. The lowest BCUT2D eigenvalue weighted by Crippen LogP contribution is -2.25. The molecule has 0 spiro atoms. The maximum atomic E-state index is 3.70. The van der Waals surface area contributed by atoms with E-state index < -0.39 is 0 Å². The second-order valence-electron chi connectivity index (χ2n) is 4.15. The van der Waals surface area contributed by atoms with Gasteiger partial charge in [-0.15, -0.1) is 6.58 Å². The van der Waals surface area contributed by atoms with Crippen LogP contribution < -0.4 is 5.32 Å². The summed E-state index contributed by atoms with van der Waals surface area (Å²) in [7, 11) is 0. The predicted octanol–water partition coefficient (Wildman–Crippen LogP) is 3.22. The van der Waals surface area contributed by atoms with E-state index in [1.165, 1.54) is 32.1 Å². The van der Waals surface area contributed by atoms with Crippen molar-refractivity contribution in [1.29, 1.82) is 0 Å². The van der Waals surface area contributed by atoms with Crippen molar-refractivity contribution in [3.8, 4) is 0 Å². The van der Waals surface area contributed by atoms with Gasteiger partial charge in [0.05, 0.1) is 0 Å². The zero-order chi connectivity index (χ0) is 10.2. The van der Waals surface area contributed by atoms with Gasteiger partial charge in [0.25, 0.3) is 0 Å². The van der Waals surface area contributed by atoms with Crippen LogP contribution in [0.15, 0.2) is 12.7 Å². The first-order valence-corrected chi connectivity index (χ1v) is 6.74. The van der Waals surface area contributed by atoms with Crippen LogP contribution in [0.4, 0.5) is 0 Å². The number of nitrogens with one attached hydrogen (secondary N) is 1. The molecule has 1 unspecified atom stereocenters. The normalized spacial score (nSPS) is 20.6. The third-order valence-electron chi connectivity index (χ3n) is 2.70. The highest BCUT2D eigenvalue weighted by molar-refractivity contribution is 8.00. The first-order valence-electron chi connectivity index (χ1n) is 5.80. The van der Waals surface area contributed by atoms with Gasteiger partial charge in [-0.2, -0.15) is 11.8 Å². The van der Waals surface area contributed by atoms with Crippen molar-refractivity contribution < 1.29 is 0 Å². The van der Waals surface area contributed by atoms with Crippen LogP contribution in [0.1, 0.15) is 39.0 Å². The molecule has 0 radical (unpaired) electrons. The molecule has 1 nitrogen and oxygen atoms in total. The van der Waals surface area contributed by atoms with Gasteiger partial charge < -0.3 is 5.32 Å². The summed E-state index contributed by atoms with van der Waals surface area (Å²) < 4.78 is 0. The van der Waals surface area contributed by atoms with Crippen molar-refractivity contribution in [3.05, 3.63) is 12.7 Å². The zero-order valence-corrected chi connectivity index (χ0v) is 10.1. The van der Waals surface area contributed by atoms with Crippen LogP contribution in [0.3, 0.4) is 0 Å². The Morgan fingerprint density at radius 1 is 1.43 bits per heavy atom. The van der Waals surface area contributed by atoms with Gasteiger partial charge >= 0.3 is 0 Å². The molecule has 0 aromatic heterocycles. The largest absolute Gasteiger partial charge is 0.312 e. The number of thioether (sulfide) groups is 1. The fourth-order valence-corrected chi connectivity index (χ4v) is 3.44. The Bertz CT molecular complexity index is 152. The lowest BCUT2D eigenvalue weighted by atomic mass is 10.0. The second kappa shape index (κ2) is 7.36. The van der Waals surface area contributed by atoms with Crippen molar-refractivity contribution >= 4 is 11.8 Å². The third-order valence-corrected chi connectivity index (χ3v) is 4.19. The molecule has 1 saturated carbocycles. The zero-order valence-electron chi connectivity index (χ0n) is 9.30. The Hall–Kier alpha value is 0.0500. The maximum Gasteiger partial charge on any atom is 0.0147 e. The summed E-state index contributed by atoms with van der Waals surface area (Å²) in [4.78, 5) is 0. The van der Waals surface area contributed by atoms with Crippen molar-refractivity contribution in [3.63, 3.8) is 0 Å². The van der Waals surface area contributed by atoms with E-state index in [2.05, 4.69) is 30.6 Å². The Kier molecular flexibility index (Phi) is 6.37. The van der Waals surface area contributed by atoms with Crippen molar-refractivity contribution in [2.75, 3.05) is 13.1 Å². The van der Waals surface area contributed by atoms with Crippen LogP contribution in [-0.4, -0.2) is 23.6 Å². The fourth-order valence-electron chi connectivity index (χ4n) is 1.97. The summed E-state index contributed by atoms with van der Waals surface area (Å²) in [5, 5.41) is 5.07. The summed E-state index contributed by atoms with van der Waals surface area (Å²) in [5.74, 6) is 0. The molecule has 1 atom stereocenters. The first-order chi connectivity index (χ1) is 6.83. The van der Waals surface area contributed by atoms with Gasteiger partial charge in [-0.1, -0.05) is 32.3 Å². The van der Waals surface area contributed by atoms with E-state index in [-0.39, 0.29) is 0 Å². The van der Waals surface area contributed by atoms with Gasteiger partial charge in [0.2, 0.25) is 0 Å². The summed E-state index contributed by atoms with van der Waals surface area (Å²) >= 11 is 2.17. The van der Waals surface area contributed by atoms with E-state index in [0.717, 1.165) is 23.6 Å². The average Bonchev–Trinajstić information content (AvgIpc) is 2.20. The maximum absolute atomic E-state index is 3.70. The minimum atomic E-state index is 0.748. The second-order valence-corrected chi connectivity index (χ2v) is 5.90. The van der Waals surface area contributed by atoms with Crippen molar-refractivity contribution in [1.82, 2.24) is 5.32 Å². The van der Waals surface area contributed by atoms with E-state index in [1.54, 1.807) is 0 Å². The average molecular weight is 213 g/mol. The highest BCUT2D eigenvalue weighted by atomic mass is 32.2. The molecule has 1 aliphatic carbocycles. The monoisotopic (exact) mass is 213 g/mol. The highest BCUT2D eigenvalue weighted by Gasteiger charge is 2.16. The summed E-state index contributed by atoms with van der Waals surface area (Å²) in [6, 6.07) is 0. The molecule has 0 saturated heterocycles. The van der Waals surface area contributed by atoms with Gasteiger partial charge in [-0.25, -0.2) is 0 Å². The lowest BCUT2D eigenvalue weighted by Gasteiger charge is -2.24. The van der Waals surface area contributed by atoms with Gasteiger partial charge in [-0.05, 0) is 12.8 Å². The SMILES string of the molecule is C=CCNCC(C)SC1CCCCC1. The first kappa shape index (κ1) is 12.1. The van der Waals surface area contributed by atoms with E-state index in [0.29, 0.717) is 0 Å². The molecule has 1 fully saturated rings. The van der Waals surface area contributed by atoms with Gasteiger partial charge in [0, 0.05) is 23.6 Å². The van der Waals surface area contributed by atoms with Gasteiger partial charge in [-0.3, -0.25) is 0 Å². The van der Waals surface area contributed by atoms with Gasteiger partial charge in [0.1, 0.15) is 0 Å².